The molecule has 0 saturated carbocycles. The summed E-state index contributed by atoms with van der Waals surface area (Å²) in [7, 11) is 1.60. The highest BCUT2D eigenvalue weighted by atomic mass is 16.5. The maximum atomic E-state index is 12.2. The molecular formula is C21H22N2O3. The van der Waals surface area contributed by atoms with Crippen molar-refractivity contribution in [1.29, 1.82) is 0 Å². The summed E-state index contributed by atoms with van der Waals surface area (Å²) >= 11 is 0. The number of carbonyl (C=O) groups is 1. The van der Waals surface area contributed by atoms with Crippen LogP contribution in [0.3, 0.4) is 0 Å². The van der Waals surface area contributed by atoms with Gasteiger partial charge in [-0.1, -0.05) is 49.7 Å². The Kier molecular flexibility index (Phi) is 5.69. The Morgan fingerprint density at radius 1 is 1.12 bits per heavy atom. The Balaban J connectivity index is 1.82. The third-order valence-corrected chi connectivity index (χ3v) is 3.99. The lowest BCUT2D eigenvalue weighted by atomic mass is 10.1. The predicted octanol–water partition coefficient (Wildman–Crippen LogP) is 3.79. The van der Waals surface area contributed by atoms with E-state index in [1.54, 1.807) is 13.2 Å². The fourth-order valence-electron chi connectivity index (χ4n) is 2.58. The van der Waals surface area contributed by atoms with Gasteiger partial charge in [-0.05, 0) is 30.2 Å². The number of benzene rings is 2. The molecule has 0 spiro atoms. The summed E-state index contributed by atoms with van der Waals surface area (Å²) in [6.45, 7) is 2.77. The van der Waals surface area contributed by atoms with Gasteiger partial charge in [0.1, 0.15) is 11.5 Å². The van der Waals surface area contributed by atoms with E-state index in [2.05, 4.69) is 17.2 Å². The number of hydrogen-bond donors (Lipinski definition) is 1. The van der Waals surface area contributed by atoms with Crippen LogP contribution in [-0.2, 0) is 4.79 Å². The van der Waals surface area contributed by atoms with Crippen LogP contribution in [0, 0.1) is 0 Å². The number of methoxy groups -OCH3 is 1. The van der Waals surface area contributed by atoms with E-state index in [-0.39, 0.29) is 5.91 Å². The number of amides is 1. The molecule has 0 aliphatic carbocycles. The zero-order valence-electron chi connectivity index (χ0n) is 15.0. The molecule has 3 rings (SSSR count). The van der Waals surface area contributed by atoms with Crippen molar-refractivity contribution in [3.05, 3.63) is 65.4 Å². The van der Waals surface area contributed by atoms with Gasteiger partial charge in [-0.25, -0.2) is 4.99 Å². The molecule has 0 bridgehead atoms. The highest BCUT2D eigenvalue weighted by molar-refractivity contribution is 6.19. The van der Waals surface area contributed by atoms with Crippen LogP contribution < -0.4 is 14.8 Å². The Morgan fingerprint density at radius 2 is 1.92 bits per heavy atom. The Morgan fingerprint density at radius 3 is 2.65 bits per heavy atom. The average Bonchev–Trinajstić information content (AvgIpc) is 3.04. The number of rotatable bonds is 7. The van der Waals surface area contributed by atoms with Gasteiger partial charge in [-0.15, -0.1) is 0 Å². The van der Waals surface area contributed by atoms with E-state index in [1.807, 2.05) is 48.5 Å². The largest absolute Gasteiger partial charge is 0.493 e. The number of amidine groups is 1. The van der Waals surface area contributed by atoms with Gasteiger partial charge in [0.15, 0.2) is 11.5 Å². The smallest absolute Gasteiger partial charge is 0.275 e. The highest BCUT2D eigenvalue weighted by Gasteiger charge is 2.21. The number of aliphatic imine (C=N–C) groups is 1. The van der Waals surface area contributed by atoms with Crippen LogP contribution in [0.4, 0.5) is 0 Å². The average molecular weight is 350 g/mol. The summed E-state index contributed by atoms with van der Waals surface area (Å²) in [5.74, 6) is 1.69. The van der Waals surface area contributed by atoms with E-state index in [1.165, 1.54) is 0 Å². The Bertz CT molecular complexity index is 842. The lowest BCUT2D eigenvalue weighted by Crippen LogP contribution is -2.24. The van der Waals surface area contributed by atoms with Gasteiger partial charge in [0.2, 0.25) is 0 Å². The number of nitrogens with zero attached hydrogens (tertiary/aromatic N) is 1. The van der Waals surface area contributed by atoms with Crippen LogP contribution in [-0.4, -0.2) is 25.5 Å². The summed E-state index contributed by atoms with van der Waals surface area (Å²) in [6, 6.07) is 15.2. The molecule has 0 saturated heterocycles. The second-order valence-electron chi connectivity index (χ2n) is 5.92. The number of hydrogen-bond acceptors (Lipinski definition) is 4. The fourth-order valence-corrected chi connectivity index (χ4v) is 2.58. The van der Waals surface area contributed by atoms with Crippen molar-refractivity contribution in [1.82, 2.24) is 5.32 Å². The number of unbranched alkanes of at least 4 members (excludes halogenated alkanes) is 1. The van der Waals surface area contributed by atoms with Gasteiger partial charge in [0.05, 0.1) is 13.7 Å². The standard InChI is InChI=1S/C21H22N2O3/c1-3-4-12-26-18-11-10-15(14-19(18)25-2)13-17-21(24)23-20(22-17)16-8-6-5-7-9-16/h5-11,13-14H,3-4,12H2,1-2H3,(H,22,23,24). The molecule has 1 aliphatic heterocycles. The van der Waals surface area contributed by atoms with Crippen molar-refractivity contribution < 1.29 is 14.3 Å². The van der Waals surface area contributed by atoms with E-state index in [4.69, 9.17) is 9.47 Å². The van der Waals surface area contributed by atoms with Gasteiger partial charge >= 0.3 is 0 Å². The molecule has 0 atom stereocenters. The van der Waals surface area contributed by atoms with Gasteiger partial charge in [0.25, 0.3) is 5.91 Å². The molecular weight excluding hydrogens is 328 g/mol. The molecule has 2 aromatic carbocycles. The SMILES string of the molecule is CCCCOc1ccc(C=C2N=C(c3ccccc3)NC2=O)cc1OC. The molecule has 2 aromatic rings. The minimum absolute atomic E-state index is 0.217. The van der Waals surface area contributed by atoms with Gasteiger partial charge in [0, 0.05) is 5.56 Å². The normalized spacial score (nSPS) is 14.9. The fraction of sp³-hybridized carbons (Fsp3) is 0.238. The van der Waals surface area contributed by atoms with Crippen LogP contribution in [0.15, 0.2) is 59.2 Å². The molecule has 5 nitrogen and oxygen atoms in total. The predicted molar refractivity (Wildman–Crippen MR) is 102 cm³/mol. The van der Waals surface area contributed by atoms with Crippen molar-refractivity contribution in [2.75, 3.05) is 13.7 Å². The Labute approximate surface area is 153 Å². The van der Waals surface area contributed by atoms with Crippen LogP contribution in [0.5, 0.6) is 11.5 Å². The quantitative estimate of drug-likeness (QED) is 0.610. The molecule has 26 heavy (non-hydrogen) atoms. The van der Waals surface area contributed by atoms with E-state index >= 15 is 0 Å². The summed E-state index contributed by atoms with van der Waals surface area (Å²) in [5.41, 5.74) is 2.07. The molecule has 0 radical (unpaired) electrons. The molecule has 134 valence electrons. The zero-order valence-corrected chi connectivity index (χ0v) is 15.0. The number of nitrogens with one attached hydrogen (secondary N) is 1. The molecule has 1 heterocycles. The first-order valence-electron chi connectivity index (χ1n) is 8.69. The summed E-state index contributed by atoms with van der Waals surface area (Å²) in [6.07, 6.45) is 3.80. The van der Waals surface area contributed by atoms with Crippen LogP contribution in [0.1, 0.15) is 30.9 Å². The van der Waals surface area contributed by atoms with Crippen molar-refractivity contribution in [3.63, 3.8) is 0 Å². The van der Waals surface area contributed by atoms with Crippen molar-refractivity contribution >= 4 is 17.8 Å². The first-order chi connectivity index (χ1) is 12.7. The third-order valence-electron chi connectivity index (χ3n) is 3.99. The van der Waals surface area contributed by atoms with Gasteiger partial charge in [-0.3, -0.25) is 4.79 Å². The molecule has 0 fully saturated rings. The first kappa shape index (κ1) is 17.7. The maximum absolute atomic E-state index is 12.2. The number of carbonyl (C=O) groups excluding carboxylic acids is 1. The summed E-state index contributed by atoms with van der Waals surface area (Å²) in [4.78, 5) is 16.6. The zero-order chi connectivity index (χ0) is 18.4. The van der Waals surface area contributed by atoms with Gasteiger partial charge in [-0.2, -0.15) is 0 Å². The lowest BCUT2D eigenvalue weighted by molar-refractivity contribution is -0.115. The molecule has 5 heteroatoms. The van der Waals surface area contributed by atoms with Gasteiger partial charge < -0.3 is 14.8 Å². The van der Waals surface area contributed by atoms with E-state index in [9.17, 15) is 4.79 Å². The molecule has 0 unspecified atom stereocenters. The maximum Gasteiger partial charge on any atom is 0.275 e. The topological polar surface area (TPSA) is 59.9 Å². The minimum atomic E-state index is -0.217. The molecule has 0 aromatic heterocycles. The lowest BCUT2D eigenvalue weighted by Gasteiger charge is -2.11. The molecule has 1 N–H and O–H groups in total. The van der Waals surface area contributed by atoms with Crippen molar-refractivity contribution in [2.24, 2.45) is 4.99 Å². The monoisotopic (exact) mass is 350 g/mol. The molecule has 1 amide bonds. The minimum Gasteiger partial charge on any atom is -0.493 e. The van der Waals surface area contributed by atoms with E-state index < -0.39 is 0 Å². The Hall–Kier alpha value is -3.08. The van der Waals surface area contributed by atoms with Crippen molar-refractivity contribution in [3.8, 4) is 11.5 Å². The van der Waals surface area contributed by atoms with Crippen molar-refractivity contribution in [2.45, 2.75) is 19.8 Å². The van der Waals surface area contributed by atoms with Crippen LogP contribution >= 0.6 is 0 Å². The van der Waals surface area contributed by atoms with Crippen LogP contribution in [0.2, 0.25) is 0 Å². The molecule has 1 aliphatic rings. The highest BCUT2D eigenvalue weighted by Crippen LogP contribution is 2.29. The number of ether oxygens (including phenoxy) is 2. The van der Waals surface area contributed by atoms with E-state index in [0.29, 0.717) is 29.6 Å². The third kappa shape index (κ3) is 4.11. The second kappa shape index (κ2) is 8.34. The van der Waals surface area contributed by atoms with E-state index in [0.717, 1.165) is 24.0 Å². The summed E-state index contributed by atoms with van der Waals surface area (Å²) < 4.78 is 11.1. The first-order valence-corrected chi connectivity index (χ1v) is 8.69. The summed E-state index contributed by atoms with van der Waals surface area (Å²) in [5, 5.41) is 2.80. The second-order valence-corrected chi connectivity index (χ2v) is 5.92. The van der Waals surface area contributed by atoms with Crippen LogP contribution in [0.25, 0.3) is 6.08 Å².